The van der Waals surface area contributed by atoms with E-state index in [1.54, 1.807) is 0 Å². The van der Waals surface area contributed by atoms with Crippen LogP contribution in [0.4, 0.5) is 5.69 Å². The van der Waals surface area contributed by atoms with Gasteiger partial charge in [0.05, 0.1) is 6.04 Å². The van der Waals surface area contributed by atoms with E-state index in [0.717, 1.165) is 57.6 Å². The summed E-state index contributed by atoms with van der Waals surface area (Å²) in [5.41, 5.74) is 3.25. The number of hydrogen-bond acceptors (Lipinski definition) is 4. The van der Waals surface area contributed by atoms with Gasteiger partial charge in [-0.05, 0) is 62.9 Å². The SMILES string of the molecule is CCCCOCCCNC(C)C(=O)c1ccc2c(c1)CCCN2. The number of carbonyl (C=O) groups is 1. The molecule has 4 nitrogen and oxygen atoms in total. The van der Waals surface area contributed by atoms with Gasteiger partial charge in [0.2, 0.25) is 0 Å². The van der Waals surface area contributed by atoms with Crippen molar-refractivity contribution in [2.24, 2.45) is 0 Å². The van der Waals surface area contributed by atoms with Gasteiger partial charge in [0.25, 0.3) is 0 Å². The summed E-state index contributed by atoms with van der Waals surface area (Å²) in [5, 5.41) is 6.69. The number of ether oxygens (including phenoxy) is 1. The van der Waals surface area contributed by atoms with E-state index in [4.69, 9.17) is 4.74 Å². The van der Waals surface area contributed by atoms with Crippen molar-refractivity contribution in [2.45, 2.75) is 52.0 Å². The lowest BCUT2D eigenvalue weighted by atomic mass is 9.97. The first-order chi connectivity index (χ1) is 11.2. The summed E-state index contributed by atoms with van der Waals surface area (Å²) in [6, 6.07) is 5.87. The molecule has 4 heteroatoms. The summed E-state index contributed by atoms with van der Waals surface area (Å²) < 4.78 is 5.53. The van der Waals surface area contributed by atoms with Crippen molar-refractivity contribution in [1.29, 1.82) is 0 Å². The van der Waals surface area contributed by atoms with E-state index in [2.05, 4.69) is 23.6 Å². The number of Topliss-reactive ketones (excluding diaryl/α,β-unsaturated/α-hetero) is 1. The maximum atomic E-state index is 12.5. The van der Waals surface area contributed by atoms with Crippen molar-refractivity contribution < 1.29 is 9.53 Å². The van der Waals surface area contributed by atoms with E-state index in [9.17, 15) is 4.79 Å². The average molecular weight is 318 g/mol. The molecule has 0 fully saturated rings. The summed E-state index contributed by atoms with van der Waals surface area (Å²) in [6.07, 6.45) is 5.42. The zero-order valence-corrected chi connectivity index (χ0v) is 14.5. The molecular weight excluding hydrogens is 288 g/mol. The molecule has 1 aromatic rings. The molecule has 2 N–H and O–H groups in total. The van der Waals surface area contributed by atoms with E-state index < -0.39 is 0 Å². The Morgan fingerprint density at radius 3 is 3.00 bits per heavy atom. The summed E-state index contributed by atoms with van der Waals surface area (Å²) in [7, 11) is 0. The molecule has 1 aliphatic heterocycles. The largest absolute Gasteiger partial charge is 0.385 e. The van der Waals surface area contributed by atoms with Gasteiger partial charge in [-0.1, -0.05) is 13.3 Å². The van der Waals surface area contributed by atoms with Crippen molar-refractivity contribution in [3.8, 4) is 0 Å². The lowest BCUT2D eigenvalue weighted by Crippen LogP contribution is -2.35. The lowest BCUT2D eigenvalue weighted by Gasteiger charge is -2.19. The number of carbonyl (C=O) groups excluding carboxylic acids is 1. The minimum atomic E-state index is -0.153. The predicted octanol–water partition coefficient (Wildman–Crippen LogP) is 3.41. The summed E-state index contributed by atoms with van der Waals surface area (Å²) in [4.78, 5) is 12.5. The number of unbranched alkanes of at least 4 members (excludes halogenated alkanes) is 1. The van der Waals surface area contributed by atoms with Gasteiger partial charge in [-0.25, -0.2) is 0 Å². The molecule has 1 heterocycles. The van der Waals surface area contributed by atoms with Crippen LogP contribution in [0.15, 0.2) is 18.2 Å². The van der Waals surface area contributed by atoms with Crippen LogP contribution in [-0.2, 0) is 11.2 Å². The highest BCUT2D eigenvalue weighted by Gasteiger charge is 2.17. The van der Waals surface area contributed by atoms with E-state index in [-0.39, 0.29) is 11.8 Å². The second-order valence-electron chi connectivity index (χ2n) is 6.26. The summed E-state index contributed by atoms with van der Waals surface area (Å²) >= 11 is 0. The minimum Gasteiger partial charge on any atom is -0.385 e. The molecule has 0 amide bonds. The van der Waals surface area contributed by atoms with Crippen LogP contribution in [0.2, 0.25) is 0 Å². The molecule has 128 valence electrons. The fraction of sp³-hybridized carbons (Fsp3) is 0.632. The predicted molar refractivity (Wildman–Crippen MR) is 95.4 cm³/mol. The number of hydrogen-bond donors (Lipinski definition) is 2. The zero-order chi connectivity index (χ0) is 16.5. The first-order valence-electron chi connectivity index (χ1n) is 8.94. The van der Waals surface area contributed by atoms with Gasteiger partial charge in [0.15, 0.2) is 5.78 Å². The van der Waals surface area contributed by atoms with Gasteiger partial charge in [-0.3, -0.25) is 4.79 Å². The number of anilines is 1. The van der Waals surface area contributed by atoms with E-state index in [1.807, 2.05) is 19.1 Å². The first-order valence-corrected chi connectivity index (χ1v) is 8.94. The standard InChI is InChI=1S/C19H30N2O2/c1-3-4-12-23-13-6-11-20-15(2)19(22)17-8-9-18-16(14-17)7-5-10-21-18/h8-9,14-15,20-21H,3-7,10-13H2,1-2H3. The van der Waals surface area contributed by atoms with Gasteiger partial charge in [0, 0.05) is 31.0 Å². The molecule has 1 unspecified atom stereocenters. The van der Waals surface area contributed by atoms with Gasteiger partial charge < -0.3 is 15.4 Å². The molecule has 0 bridgehead atoms. The van der Waals surface area contributed by atoms with Crippen LogP contribution in [-0.4, -0.2) is 38.1 Å². The molecule has 0 aromatic heterocycles. The third-order valence-electron chi connectivity index (χ3n) is 4.28. The van der Waals surface area contributed by atoms with Crippen molar-refractivity contribution in [3.05, 3.63) is 29.3 Å². The highest BCUT2D eigenvalue weighted by Crippen LogP contribution is 2.23. The van der Waals surface area contributed by atoms with Crippen LogP contribution in [0.1, 0.15) is 55.5 Å². The smallest absolute Gasteiger partial charge is 0.179 e. The first kappa shape index (κ1) is 18.0. The molecule has 0 saturated heterocycles. The Kier molecular flexibility index (Phi) is 7.56. The van der Waals surface area contributed by atoms with Gasteiger partial charge >= 0.3 is 0 Å². The molecule has 0 radical (unpaired) electrons. The fourth-order valence-electron chi connectivity index (χ4n) is 2.81. The van der Waals surface area contributed by atoms with Crippen molar-refractivity contribution in [2.75, 3.05) is 31.6 Å². The number of fused-ring (bicyclic) bond motifs is 1. The fourth-order valence-corrected chi connectivity index (χ4v) is 2.81. The van der Waals surface area contributed by atoms with Crippen molar-refractivity contribution in [3.63, 3.8) is 0 Å². The molecule has 2 rings (SSSR count). The molecular formula is C19H30N2O2. The number of aryl methyl sites for hydroxylation is 1. The molecule has 23 heavy (non-hydrogen) atoms. The third-order valence-corrected chi connectivity index (χ3v) is 4.28. The van der Waals surface area contributed by atoms with Gasteiger partial charge in [-0.15, -0.1) is 0 Å². The zero-order valence-electron chi connectivity index (χ0n) is 14.5. The van der Waals surface area contributed by atoms with Crippen LogP contribution in [0.25, 0.3) is 0 Å². The summed E-state index contributed by atoms with van der Waals surface area (Å²) in [6.45, 7) is 7.55. The number of benzene rings is 1. The molecule has 0 aliphatic carbocycles. The van der Waals surface area contributed by atoms with Crippen LogP contribution >= 0.6 is 0 Å². The Morgan fingerprint density at radius 1 is 1.35 bits per heavy atom. The second-order valence-corrected chi connectivity index (χ2v) is 6.26. The van der Waals surface area contributed by atoms with Crippen LogP contribution in [0.3, 0.4) is 0 Å². The molecule has 0 saturated carbocycles. The van der Waals surface area contributed by atoms with Gasteiger partial charge in [-0.2, -0.15) is 0 Å². The normalized spacial score (nSPS) is 14.9. The highest BCUT2D eigenvalue weighted by atomic mass is 16.5. The van der Waals surface area contributed by atoms with Crippen LogP contribution in [0.5, 0.6) is 0 Å². The third kappa shape index (κ3) is 5.63. The molecule has 0 spiro atoms. The Labute approximate surface area is 140 Å². The minimum absolute atomic E-state index is 0.153. The van der Waals surface area contributed by atoms with Gasteiger partial charge in [0.1, 0.15) is 0 Å². The van der Waals surface area contributed by atoms with Crippen LogP contribution in [0, 0.1) is 0 Å². The van der Waals surface area contributed by atoms with Crippen molar-refractivity contribution >= 4 is 11.5 Å². The van der Waals surface area contributed by atoms with E-state index >= 15 is 0 Å². The second kappa shape index (κ2) is 9.68. The Morgan fingerprint density at radius 2 is 2.17 bits per heavy atom. The molecule has 1 aromatic carbocycles. The average Bonchev–Trinajstić information content (AvgIpc) is 2.59. The van der Waals surface area contributed by atoms with E-state index in [1.165, 1.54) is 17.7 Å². The number of ketones is 1. The Hall–Kier alpha value is -1.39. The molecule has 1 atom stereocenters. The maximum absolute atomic E-state index is 12.5. The Bertz CT molecular complexity index is 502. The quantitative estimate of drug-likeness (QED) is 0.513. The van der Waals surface area contributed by atoms with Crippen molar-refractivity contribution in [1.82, 2.24) is 5.32 Å². The highest BCUT2D eigenvalue weighted by molar-refractivity contribution is 6.00. The topological polar surface area (TPSA) is 50.4 Å². The Balaban J connectivity index is 1.74. The lowest BCUT2D eigenvalue weighted by molar-refractivity contribution is 0.0944. The van der Waals surface area contributed by atoms with E-state index in [0.29, 0.717) is 0 Å². The van der Waals surface area contributed by atoms with Crippen LogP contribution < -0.4 is 10.6 Å². The summed E-state index contributed by atoms with van der Waals surface area (Å²) in [5.74, 6) is 0.172. The monoisotopic (exact) mass is 318 g/mol. The number of nitrogens with one attached hydrogen (secondary N) is 2. The number of rotatable bonds is 10. The maximum Gasteiger partial charge on any atom is 0.179 e. The molecule has 1 aliphatic rings.